The van der Waals surface area contributed by atoms with E-state index in [0.29, 0.717) is 12.8 Å². The van der Waals surface area contributed by atoms with E-state index in [4.69, 9.17) is 21.7 Å². The third-order valence-corrected chi connectivity index (χ3v) is 2.08. The van der Waals surface area contributed by atoms with E-state index in [-0.39, 0.29) is 6.04 Å². The Labute approximate surface area is 59.8 Å². The quantitative estimate of drug-likeness (QED) is 0.323. The van der Waals surface area contributed by atoms with Gasteiger partial charge in [-0.2, -0.15) is 0 Å². The SMILES string of the molecule is NC1CCC(O)C(O)C1N. The van der Waals surface area contributed by atoms with Crippen LogP contribution in [0.2, 0.25) is 0 Å². The largest absolute Gasteiger partial charge is 0.390 e. The molecule has 1 rings (SSSR count). The molecule has 1 aliphatic rings. The van der Waals surface area contributed by atoms with Crippen LogP contribution in [0.15, 0.2) is 0 Å². The van der Waals surface area contributed by atoms with Crippen molar-refractivity contribution in [1.82, 2.24) is 0 Å². The maximum absolute atomic E-state index is 9.16. The van der Waals surface area contributed by atoms with Gasteiger partial charge in [-0.3, -0.25) is 0 Å². The van der Waals surface area contributed by atoms with Gasteiger partial charge in [-0.1, -0.05) is 0 Å². The molecule has 0 spiro atoms. The minimum Gasteiger partial charge on any atom is -0.390 e. The highest BCUT2D eigenvalue weighted by Crippen LogP contribution is 2.16. The van der Waals surface area contributed by atoms with Crippen LogP contribution in [0.3, 0.4) is 0 Å². The normalized spacial score (nSPS) is 49.2. The van der Waals surface area contributed by atoms with Crippen molar-refractivity contribution in [1.29, 1.82) is 0 Å². The van der Waals surface area contributed by atoms with Gasteiger partial charge in [0.15, 0.2) is 0 Å². The summed E-state index contributed by atoms with van der Waals surface area (Å²) in [5.41, 5.74) is 11.0. The van der Waals surface area contributed by atoms with E-state index in [1.807, 2.05) is 0 Å². The Morgan fingerprint density at radius 1 is 1.10 bits per heavy atom. The number of aliphatic hydroxyl groups excluding tert-OH is 2. The molecule has 4 nitrogen and oxygen atoms in total. The average Bonchev–Trinajstić information content (AvgIpc) is 1.93. The summed E-state index contributed by atoms with van der Waals surface area (Å²) in [4.78, 5) is 0. The topological polar surface area (TPSA) is 92.5 Å². The highest BCUT2D eigenvalue weighted by Gasteiger charge is 2.32. The van der Waals surface area contributed by atoms with Gasteiger partial charge in [0.2, 0.25) is 0 Å². The predicted molar refractivity (Wildman–Crippen MR) is 37.2 cm³/mol. The Hall–Kier alpha value is -0.160. The molecule has 0 aliphatic heterocycles. The van der Waals surface area contributed by atoms with Crippen molar-refractivity contribution in [2.45, 2.75) is 37.1 Å². The fourth-order valence-corrected chi connectivity index (χ4v) is 1.24. The van der Waals surface area contributed by atoms with Crippen molar-refractivity contribution >= 4 is 0 Å². The number of rotatable bonds is 0. The molecule has 4 unspecified atom stereocenters. The Morgan fingerprint density at radius 2 is 1.70 bits per heavy atom. The average molecular weight is 146 g/mol. The zero-order valence-corrected chi connectivity index (χ0v) is 5.77. The Balaban J connectivity index is 2.52. The number of hydrogen-bond donors (Lipinski definition) is 4. The lowest BCUT2D eigenvalue weighted by molar-refractivity contribution is -0.0265. The van der Waals surface area contributed by atoms with Gasteiger partial charge in [-0.25, -0.2) is 0 Å². The molecular formula is C6H14N2O2. The van der Waals surface area contributed by atoms with Gasteiger partial charge in [-0.05, 0) is 12.8 Å². The molecule has 0 radical (unpaired) electrons. The summed E-state index contributed by atoms with van der Waals surface area (Å²) in [6.07, 6.45) is -0.284. The van der Waals surface area contributed by atoms with Gasteiger partial charge in [0.1, 0.15) is 0 Å². The van der Waals surface area contributed by atoms with Crippen LogP contribution in [-0.2, 0) is 0 Å². The van der Waals surface area contributed by atoms with E-state index in [1.165, 1.54) is 0 Å². The first-order valence-electron chi connectivity index (χ1n) is 3.50. The molecule has 1 aliphatic carbocycles. The summed E-state index contributed by atoms with van der Waals surface area (Å²) in [5.74, 6) is 0. The fraction of sp³-hybridized carbons (Fsp3) is 1.00. The van der Waals surface area contributed by atoms with Crippen LogP contribution in [0, 0.1) is 0 Å². The zero-order valence-electron chi connectivity index (χ0n) is 5.77. The summed E-state index contributed by atoms with van der Waals surface area (Å²) in [7, 11) is 0. The van der Waals surface area contributed by atoms with E-state index in [0.717, 1.165) is 0 Å². The van der Waals surface area contributed by atoms with Crippen LogP contribution in [-0.4, -0.2) is 34.5 Å². The summed E-state index contributed by atoms with van der Waals surface area (Å²) < 4.78 is 0. The summed E-state index contributed by atoms with van der Waals surface area (Å²) >= 11 is 0. The fourth-order valence-electron chi connectivity index (χ4n) is 1.24. The Bertz CT molecular complexity index is 106. The molecule has 6 N–H and O–H groups in total. The minimum atomic E-state index is -0.844. The zero-order chi connectivity index (χ0) is 7.72. The second-order valence-corrected chi connectivity index (χ2v) is 2.88. The van der Waals surface area contributed by atoms with Crippen LogP contribution in [0.25, 0.3) is 0 Å². The van der Waals surface area contributed by atoms with Crippen molar-refractivity contribution < 1.29 is 10.2 Å². The van der Waals surface area contributed by atoms with Crippen LogP contribution in [0.4, 0.5) is 0 Å². The van der Waals surface area contributed by atoms with E-state index in [2.05, 4.69) is 0 Å². The molecule has 0 aromatic carbocycles. The predicted octanol–water partition coefficient (Wildman–Crippen LogP) is -1.84. The first-order chi connectivity index (χ1) is 4.63. The molecule has 0 bridgehead atoms. The molecule has 4 heteroatoms. The first-order valence-corrected chi connectivity index (χ1v) is 3.50. The highest BCUT2D eigenvalue weighted by atomic mass is 16.3. The Morgan fingerprint density at radius 3 is 2.20 bits per heavy atom. The van der Waals surface area contributed by atoms with E-state index in [1.54, 1.807) is 0 Å². The van der Waals surface area contributed by atoms with Gasteiger partial charge in [0.05, 0.1) is 12.2 Å². The number of aliphatic hydroxyl groups is 2. The van der Waals surface area contributed by atoms with E-state index < -0.39 is 18.2 Å². The first kappa shape index (κ1) is 7.94. The van der Waals surface area contributed by atoms with Crippen molar-refractivity contribution in [3.63, 3.8) is 0 Å². The van der Waals surface area contributed by atoms with Crippen molar-refractivity contribution in [2.75, 3.05) is 0 Å². The second kappa shape index (κ2) is 2.84. The van der Waals surface area contributed by atoms with Crippen LogP contribution >= 0.6 is 0 Å². The van der Waals surface area contributed by atoms with Gasteiger partial charge >= 0.3 is 0 Å². The Kier molecular flexibility index (Phi) is 2.25. The summed E-state index contributed by atoms with van der Waals surface area (Å²) in [6, 6.07) is -0.637. The van der Waals surface area contributed by atoms with Crippen LogP contribution in [0.1, 0.15) is 12.8 Å². The van der Waals surface area contributed by atoms with Gasteiger partial charge in [0.25, 0.3) is 0 Å². The van der Waals surface area contributed by atoms with Crippen LogP contribution < -0.4 is 11.5 Å². The summed E-state index contributed by atoms with van der Waals surface area (Å²) in [5, 5.41) is 18.2. The van der Waals surface area contributed by atoms with Gasteiger partial charge in [-0.15, -0.1) is 0 Å². The van der Waals surface area contributed by atoms with Gasteiger partial charge in [0, 0.05) is 12.1 Å². The molecule has 0 aromatic heterocycles. The third kappa shape index (κ3) is 1.29. The molecule has 60 valence electrons. The van der Waals surface area contributed by atoms with E-state index in [9.17, 15) is 0 Å². The molecule has 4 atom stereocenters. The minimum absolute atomic E-state index is 0.168. The van der Waals surface area contributed by atoms with E-state index >= 15 is 0 Å². The molecule has 10 heavy (non-hydrogen) atoms. The standard InChI is InChI=1S/C6H14N2O2/c7-3-1-2-4(9)6(10)5(3)8/h3-6,9-10H,1-2,7-8H2. The maximum Gasteiger partial charge on any atom is 0.0964 e. The lowest BCUT2D eigenvalue weighted by Crippen LogP contribution is -2.57. The van der Waals surface area contributed by atoms with Gasteiger partial charge < -0.3 is 21.7 Å². The molecular weight excluding hydrogens is 132 g/mol. The lowest BCUT2D eigenvalue weighted by Gasteiger charge is -2.33. The van der Waals surface area contributed by atoms with Crippen molar-refractivity contribution in [3.8, 4) is 0 Å². The highest BCUT2D eigenvalue weighted by molar-refractivity contribution is 4.92. The summed E-state index contributed by atoms with van der Waals surface area (Å²) in [6.45, 7) is 0. The number of nitrogens with two attached hydrogens (primary N) is 2. The molecule has 0 heterocycles. The second-order valence-electron chi connectivity index (χ2n) is 2.88. The van der Waals surface area contributed by atoms with Crippen molar-refractivity contribution in [2.24, 2.45) is 11.5 Å². The molecule has 1 fully saturated rings. The maximum atomic E-state index is 9.16. The number of hydrogen-bond acceptors (Lipinski definition) is 4. The third-order valence-electron chi connectivity index (χ3n) is 2.08. The van der Waals surface area contributed by atoms with Crippen LogP contribution in [0.5, 0.6) is 0 Å². The lowest BCUT2D eigenvalue weighted by atomic mass is 9.87. The smallest absolute Gasteiger partial charge is 0.0964 e. The van der Waals surface area contributed by atoms with Crippen molar-refractivity contribution in [3.05, 3.63) is 0 Å². The molecule has 0 aromatic rings. The molecule has 1 saturated carbocycles. The molecule has 0 amide bonds. The monoisotopic (exact) mass is 146 g/mol. The molecule has 0 saturated heterocycles.